The van der Waals surface area contributed by atoms with Gasteiger partial charge in [-0.2, -0.15) is 0 Å². The zero-order valence-electron chi connectivity index (χ0n) is 6.48. The van der Waals surface area contributed by atoms with E-state index in [9.17, 15) is 0 Å². The van der Waals surface area contributed by atoms with Crippen molar-refractivity contribution in [2.24, 2.45) is 0 Å². The standard InChI is InChI=1S/C5H6BrN3/c6-3-1-4(7)9-5(8)2-3/h1-2H,(H4,7,8,9)/i1D,2D. The van der Waals surface area contributed by atoms with Crippen molar-refractivity contribution in [1.29, 1.82) is 0 Å². The first-order chi connectivity index (χ1) is 5.04. The number of nitrogens with zero attached hydrogens (tertiary/aromatic N) is 1. The van der Waals surface area contributed by atoms with Gasteiger partial charge in [0.05, 0.1) is 2.74 Å². The lowest BCUT2D eigenvalue weighted by atomic mass is 10.4. The van der Waals surface area contributed by atoms with E-state index in [4.69, 9.17) is 14.2 Å². The maximum Gasteiger partial charge on any atom is 0.126 e. The Kier molecular flexibility index (Phi) is 1.02. The Bertz CT molecular complexity index is 276. The topological polar surface area (TPSA) is 64.9 Å². The second kappa shape index (κ2) is 2.23. The van der Waals surface area contributed by atoms with Gasteiger partial charge in [0.15, 0.2) is 0 Å². The second-order valence-electron chi connectivity index (χ2n) is 1.45. The van der Waals surface area contributed by atoms with Gasteiger partial charge in [-0.15, -0.1) is 0 Å². The molecule has 0 amide bonds. The molecule has 48 valence electrons. The number of aromatic nitrogens is 1. The van der Waals surface area contributed by atoms with E-state index in [1.54, 1.807) is 0 Å². The van der Waals surface area contributed by atoms with Crippen molar-refractivity contribution < 1.29 is 2.74 Å². The number of pyridine rings is 1. The minimum absolute atomic E-state index is 0.00389. The van der Waals surface area contributed by atoms with E-state index in [0.29, 0.717) is 0 Å². The SMILES string of the molecule is [2H]c1c(N)nc(N)c([2H])c1Br. The Morgan fingerprint density at radius 2 is 1.89 bits per heavy atom. The van der Waals surface area contributed by atoms with E-state index in [1.807, 2.05) is 0 Å². The van der Waals surface area contributed by atoms with Crippen LogP contribution in [0, 0.1) is 0 Å². The number of nitrogens with two attached hydrogens (primary N) is 2. The molecule has 0 saturated carbocycles. The van der Waals surface area contributed by atoms with Gasteiger partial charge < -0.3 is 11.5 Å². The number of nitrogen functional groups attached to an aromatic ring is 2. The number of anilines is 2. The van der Waals surface area contributed by atoms with Crippen molar-refractivity contribution in [2.45, 2.75) is 0 Å². The van der Waals surface area contributed by atoms with Gasteiger partial charge in [-0.3, -0.25) is 0 Å². The van der Waals surface area contributed by atoms with Crippen LogP contribution in [0.25, 0.3) is 0 Å². The third-order valence-electron chi connectivity index (χ3n) is 0.717. The molecular formula is C5H6BrN3. The number of rotatable bonds is 0. The maximum atomic E-state index is 7.27. The van der Waals surface area contributed by atoms with Gasteiger partial charge in [0.25, 0.3) is 0 Å². The van der Waals surface area contributed by atoms with Gasteiger partial charge in [-0.05, 0) is 12.1 Å². The largest absolute Gasteiger partial charge is 0.384 e. The summed E-state index contributed by atoms with van der Waals surface area (Å²) < 4.78 is 14.8. The molecular weight excluding hydrogens is 182 g/mol. The Morgan fingerprint density at radius 3 is 2.33 bits per heavy atom. The van der Waals surface area contributed by atoms with E-state index in [0.717, 1.165) is 0 Å². The molecule has 0 saturated heterocycles. The fourth-order valence-corrected chi connectivity index (χ4v) is 0.848. The Hall–Kier alpha value is -0.770. The normalized spacial score (nSPS) is 12.6. The van der Waals surface area contributed by atoms with Crippen molar-refractivity contribution in [3.63, 3.8) is 0 Å². The van der Waals surface area contributed by atoms with E-state index >= 15 is 0 Å². The third kappa shape index (κ3) is 1.57. The molecule has 0 bridgehead atoms. The van der Waals surface area contributed by atoms with Gasteiger partial charge in [0, 0.05) is 4.47 Å². The van der Waals surface area contributed by atoms with Crippen LogP contribution in [0.15, 0.2) is 16.6 Å². The van der Waals surface area contributed by atoms with Crippen LogP contribution in [-0.2, 0) is 0 Å². The zero-order valence-corrected chi connectivity index (χ0v) is 6.07. The molecule has 4 N–H and O–H groups in total. The predicted octanol–water partition coefficient (Wildman–Crippen LogP) is 1.01. The van der Waals surface area contributed by atoms with Crippen molar-refractivity contribution in [1.82, 2.24) is 4.98 Å². The first kappa shape index (κ1) is 4.11. The molecule has 3 nitrogen and oxygen atoms in total. The fourth-order valence-electron chi connectivity index (χ4n) is 0.442. The van der Waals surface area contributed by atoms with Crippen LogP contribution in [0.3, 0.4) is 0 Å². The summed E-state index contributed by atoms with van der Waals surface area (Å²) in [5.74, 6) is 0.0655. The Morgan fingerprint density at radius 1 is 1.44 bits per heavy atom. The van der Waals surface area contributed by atoms with Crippen LogP contribution in [0.4, 0.5) is 11.6 Å². The van der Waals surface area contributed by atoms with Crippen LogP contribution in [0.1, 0.15) is 2.74 Å². The molecule has 0 aromatic carbocycles. The van der Waals surface area contributed by atoms with E-state index in [1.165, 1.54) is 0 Å². The molecule has 0 fully saturated rings. The summed E-state index contributed by atoms with van der Waals surface area (Å²) in [7, 11) is 0. The molecule has 0 aliphatic rings. The summed E-state index contributed by atoms with van der Waals surface area (Å²) >= 11 is 3.01. The minimum Gasteiger partial charge on any atom is -0.384 e. The quantitative estimate of drug-likeness (QED) is 0.641. The molecule has 9 heavy (non-hydrogen) atoms. The number of halogens is 1. The van der Waals surface area contributed by atoms with Crippen molar-refractivity contribution in [3.05, 3.63) is 16.6 Å². The van der Waals surface area contributed by atoms with Crippen molar-refractivity contribution >= 4 is 27.6 Å². The monoisotopic (exact) mass is 189 g/mol. The van der Waals surface area contributed by atoms with Gasteiger partial charge in [-0.1, -0.05) is 15.9 Å². The van der Waals surface area contributed by atoms with Gasteiger partial charge >= 0.3 is 0 Å². The summed E-state index contributed by atoms with van der Waals surface area (Å²) in [5.41, 5.74) is 10.6. The predicted molar refractivity (Wildman–Crippen MR) is 40.8 cm³/mol. The average molecular weight is 190 g/mol. The second-order valence-corrected chi connectivity index (χ2v) is 2.24. The number of hydrogen-bond acceptors (Lipinski definition) is 3. The Labute approximate surface area is 64.0 Å². The first-order valence-electron chi connectivity index (χ1n) is 3.21. The highest BCUT2D eigenvalue weighted by Crippen LogP contribution is 2.14. The summed E-state index contributed by atoms with van der Waals surface area (Å²) in [4.78, 5) is 3.58. The lowest BCUT2D eigenvalue weighted by Gasteiger charge is -1.94. The molecule has 0 atom stereocenters. The molecule has 0 aliphatic carbocycles. The Balaban J connectivity index is 3.46. The molecule has 1 heterocycles. The van der Waals surface area contributed by atoms with E-state index < -0.39 is 0 Å². The molecule has 1 aromatic heterocycles. The molecule has 0 unspecified atom stereocenters. The van der Waals surface area contributed by atoms with Crippen molar-refractivity contribution in [2.75, 3.05) is 11.5 Å². The molecule has 0 aliphatic heterocycles. The third-order valence-corrected chi connectivity index (χ3v) is 1.11. The zero-order chi connectivity index (χ0) is 8.59. The van der Waals surface area contributed by atoms with Crippen LogP contribution in [-0.4, -0.2) is 4.98 Å². The molecule has 0 spiro atoms. The van der Waals surface area contributed by atoms with Crippen LogP contribution in [0.2, 0.25) is 0 Å². The lowest BCUT2D eigenvalue weighted by Crippen LogP contribution is -1.94. The smallest absolute Gasteiger partial charge is 0.126 e. The van der Waals surface area contributed by atoms with Gasteiger partial charge in [-0.25, -0.2) is 4.98 Å². The fraction of sp³-hybridized carbons (Fsp3) is 0. The minimum atomic E-state index is 0.00389. The van der Waals surface area contributed by atoms with Crippen molar-refractivity contribution in [3.8, 4) is 0 Å². The van der Waals surface area contributed by atoms with Crippen LogP contribution >= 0.6 is 15.9 Å². The lowest BCUT2D eigenvalue weighted by molar-refractivity contribution is 1.33. The van der Waals surface area contributed by atoms with E-state index in [2.05, 4.69) is 20.9 Å². The number of hydrogen-bond donors (Lipinski definition) is 2. The van der Waals surface area contributed by atoms with Gasteiger partial charge in [0.1, 0.15) is 11.6 Å². The molecule has 0 radical (unpaired) electrons. The highest BCUT2D eigenvalue weighted by molar-refractivity contribution is 9.10. The van der Waals surface area contributed by atoms with Crippen LogP contribution in [0.5, 0.6) is 0 Å². The van der Waals surface area contributed by atoms with Crippen LogP contribution < -0.4 is 11.5 Å². The van der Waals surface area contributed by atoms with Gasteiger partial charge in [0.2, 0.25) is 0 Å². The first-order valence-corrected chi connectivity index (χ1v) is 3.01. The summed E-state index contributed by atoms with van der Waals surface area (Å²) in [6.07, 6.45) is 0. The summed E-state index contributed by atoms with van der Waals surface area (Å²) in [5, 5.41) is 0. The maximum absolute atomic E-state index is 7.27. The molecule has 1 aromatic rings. The highest BCUT2D eigenvalue weighted by atomic mass is 79.9. The average Bonchev–Trinajstić information content (AvgIpc) is 1.97. The summed E-state index contributed by atoms with van der Waals surface area (Å²) in [6.45, 7) is 0. The molecule has 1 rings (SSSR count). The van der Waals surface area contributed by atoms with E-state index in [-0.39, 0.29) is 28.2 Å². The summed E-state index contributed by atoms with van der Waals surface area (Å²) in [6, 6.07) is 0.00778. The highest BCUT2D eigenvalue weighted by Gasteiger charge is 1.91. The molecule has 4 heteroatoms.